The predicted molar refractivity (Wildman–Crippen MR) is 88.7 cm³/mol. The zero-order valence-corrected chi connectivity index (χ0v) is 14.1. The smallest absolute Gasteiger partial charge is 0.276 e. The summed E-state index contributed by atoms with van der Waals surface area (Å²) in [6.07, 6.45) is 3.41. The first-order chi connectivity index (χ1) is 11.2. The lowest BCUT2D eigenvalue weighted by molar-refractivity contribution is 0.0743. The van der Waals surface area contributed by atoms with Crippen molar-refractivity contribution in [1.29, 1.82) is 0 Å². The molecule has 128 valence electrons. The number of carbonyl (C=O) groups excluding carboxylic acids is 1. The number of carbonyl (C=O) groups is 1. The number of nitrogens with zero attached hydrogens (tertiary/aromatic N) is 3. The average molecular weight is 321 g/mol. The van der Waals surface area contributed by atoms with Crippen molar-refractivity contribution in [2.45, 2.75) is 32.7 Å². The molecule has 0 aliphatic carbocycles. The fourth-order valence-electron chi connectivity index (χ4n) is 2.73. The first kappa shape index (κ1) is 17.7. The molecule has 6 nitrogen and oxygen atoms in total. The Kier molecular flexibility index (Phi) is 6.80. The molecule has 0 aromatic carbocycles. The van der Waals surface area contributed by atoms with Crippen molar-refractivity contribution in [3.63, 3.8) is 0 Å². The molecule has 1 amide bonds. The van der Waals surface area contributed by atoms with E-state index in [1.807, 2.05) is 18.7 Å². The molecule has 0 saturated carbocycles. The van der Waals surface area contributed by atoms with Crippen molar-refractivity contribution in [2.24, 2.45) is 0 Å². The van der Waals surface area contributed by atoms with Crippen molar-refractivity contribution in [2.75, 3.05) is 39.4 Å². The second-order valence-corrected chi connectivity index (χ2v) is 5.91. The normalized spacial score (nSPS) is 17.6. The van der Waals surface area contributed by atoms with Crippen molar-refractivity contribution < 1.29 is 14.6 Å². The lowest BCUT2D eigenvalue weighted by atomic mass is 10.2. The zero-order valence-electron chi connectivity index (χ0n) is 14.1. The van der Waals surface area contributed by atoms with Crippen LogP contribution in [0.2, 0.25) is 0 Å². The molecule has 2 heterocycles. The summed E-state index contributed by atoms with van der Waals surface area (Å²) in [5, 5.41) is 9.30. The van der Waals surface area contributed by atoms with Crippen molar-refractivity contribution in [3.05, 3.63) is 24.0 Å². The molecule has 2 rings (SSSR count). The first-order valence-electron chi connectivity index (χ1n) is 8.39. The average Bonchev–Trinajstić information content (AvgIpc) is 2.85. The topological polar surface area (TPSA) is 65.9 Å². The second kappa shape index (κ2) is 8.84. The highest BCUT2D eigenvalue weighted by atomic mass is 16.5. The number of hydrogen-bond donors (Lipinski definition) is 1. The van der Waals surface area contributed by atoms with Gasteiger partial charge < -0.3 is 14.7 Å². The molecule has 23 heavy (non-hydrogen) atoms. The molecule has 1 fully saturated rings. The number of rotatable bonds is 6. The van der Waals surface area contributed by atoms with Crippen LogP contribution in [0.5, 0.6) is 5.75 Å². The minimum Gasteiger partial charge on any atom is -0.491 e. The van der Waals surface area contributed by atoms with Gasteiger partial charge in [0.25, 0.3) is 5.91 Å². The Morgan fingerprint density at radius 3 is 2.96 bits per heavy atom. The van der Waals surface area contributed by atoms with E-state index in [0.29, 0.717) is 31.1 Å². The summed E-state index contributed by atoms with van der Waals surface area (Å²) in [5.41, 5.74) is 0.393. The number of ether oxygens (including phenoxy) is 1. The van der Waals surface area contributed by atoms with Crippen molar-refractivity contribution in [1.82, 2.24) is 14.8 Å². The van der Waals surface area contributed by atoms with E-state index in [4.69, 9.17) is 4.74 Å². The lowest BCUT2D eigenvalue weighted by Gasteiger charge is -2.26. The van der Waals surface area contributed by atoms with Gasteiger partial charge in [-0.25, -0.2) is 4.98 Å². The maximum absolute atomic E-state index is 12.8. The van der Waals surface area contributed by atoms with E-state index in [0.717, 1.165) is 25.9 Å². The van der Waals surface area contributed by atoms with E-state index in [-0.39, 0.29) is 18.6 Å². The van der Waals surface area contributed by atoms with Gasteiger partial charge >= 0.3 is 0 Å². The van der Waals surface area contributed by atoms with Gasteiger partial charge in [-0.15, -0.1) is 0 Å². The Labute approximate surface area is 138 Å². The second-order valence-electron chi connectivity index (χ2n) is 5.91. The van der Waals surface area contributed by atoms with Crippen LogP contribution in [0.3, 0.4) is 0 Å². The molecule has 1 saturated heterocycles. The highest BCUT2D eigenvalue weighted by Gasteiger charge is 2.25. The monoisotopic (exact) mass is 321 g/mol. The highest BCUT2D eigenvalue weighted by molar-refractivity contribution is 5.94. The van der Waals surface area contributed by atoms with E-state index in [1.54, 1.807) is 18.3 Å². The maximum atomic E-state index is 12.8. The van der Waals surface area contributed by atoms with Crippen LogP contribution in [0.1, 0.15) is 37.2 Å². The Balaban J connectivity index is 2.06. The number of aliphatic hydroxyl groups excluding tert-OH is 1. The van der Waals surface area contributed by atoms with E-state index in [2.05, 4.69) is 9.88 Å². The third-order valence-corrected chi connectivity index (χ3v) is 4.14. The van der Waals surface area contributed by atoms with Crippen molar-refractivity contribution in [3.8, 4) is 5.75 Å². The number of pyridine rings is 1. The zero-order chi connectivity index (χ0) is 16.7. The van der Waals surface area contributed by atoms with Crippen LogP contribution >= 0.6 is 0 Å². The number of aliphatic hydroxyl groups is 1. The summed E-state index contributed by atoms with van der Waals surface area (Å²) in [6.45, 7) is 7.77. The van der Waals surface area contributed by atoms with Gasteiger partial charge in [0.2, 0.25) is 0 Å². The Hall–Kier alpha value is -1.66. The summed E-state index contributed by atoms with van der Waals surface area (Å²) in [7, 11) is 0. The third-order valence-electron chi connectivity index (χ3n) is 4.14. The summed E-state index contributed by atoms with van der Waals surface area (Å²) in [6, 6.07) is 3.71. The maximum Gasteiger partial charge on any atom is 0.276 e. The van der Waals surface area contributed by atoms with Gasteiger partial charge in [-0.2, -0.15) is 0 Å². The number of aromatic nitrogens is 1. The van der Waals surface area contributed by atoms with Crippen LogP contribution in [-0.2, 0) is 0 Å². The molecule has 1 aliphatic rings. The van der Waals surface area contributed by atoms with Crippen molar-refractivity contribution >= 4 is 5.91 Å². The summed E-state index contributed by atoms with van der Waals surface area (Å²) >= 11 is 0. The summed E-state index contributed by atoms with van der Waals surface area (Å²) < 4.78 is 5.65. The van der Waals surface area contributed by atoms with Crippen LogP contribution in [-0.4, -0.2) is 71.2 Å². The van der Waals surface area contributed by atoms with Crippen LogP contribution < -0.4 is 4.74 Å². The quantitative estimate of drug-likeness (QED) is 0.858. The minimum absolute atomic E-state index is 0.0739. The highest BCUT2D eigenvalue weighted by Crippen LogP contribution is 2.19. The van der Waals surface area contributed by atoms with Gasteiger partial charge in [0.15, 0.2) is 11.4 Å². The molecule has 1 aromatic heterocycles. The SMILES string of the molecule is CCCOc1cccnc1C(=O)N1CCCN(C(C)CO)CC1. The Morgan fingerprint density at radius 1 is 1.39 bits per heavy atom. The lowest BCUT2D eigenvalue weighted by Crippen LogP contribution is -2.40. The standard InChI is InChI=1S/C17H27N3O3/c1-3-12-23-15-6-4-7-18-16(15)17(22)20-9-5-8-19(10-11-20)14(2)13-21/h4,6-7,14,21H,3,5,8-13H2,1-2H3. The molecular formula is C17H27N3O3. The minimum atomic E-state index is -0.0739. The molecule has 1 aliphatic heterocycles. The number of hydrogen-bond acceptors (Lipinski definition) is 5. The van der Waals surface area contributed by atoms with E-state index in [1.165, 1.54) is 0 Å². The predicted octanol–water partition coefficient (Wildman–Crippen LogP) is 1.40. The molecular weight excluding hydrogens is 294 g/mol. The summed E-state index contributed by atoms with van der Waals surface area (Å²) in [5.74, 6) is 0.486. The fraction of sp³-hybridized carbons (Fsp3) is 0.647. The fourth-order valence-corrected chi connectivity index (χ4v) is 2.73. The molecule has 1 N–H and O–H groups in total. The largest absolute Gasteiger partial charge is 0.491 e. The van der Waals surface area contributed by atoms with Gasteiger partial charge in [-0.05, 0) is 31.9 Å². The van der Waals surface area contributed by atoms with E-state index >= 15 is 0 Å². The Morgan fingerprint density at radius 2 is 2.22 bits per heavy atom. The Bertz CT molecular complexity index is 510. The van der Waals surface area contributed by atoms with Gasteiger partial charge in [-0.3, -0.25) is 9.69 Å². The summed E-state index contributed by atoms with van der Waals surface area (Å²) in [4.78, 5) is 21.1. The first-order valence-corrected chi connectivity index (χ1v) is 8.39. The van der Waals surface area contributed by atoms with E-state index in [9.17, 15) is 9.90 Å². The van der Waals surface area contributed by atoms with Crippen LogP contribution in [0.25, 0.3) is 0 Å². The van der Waals surface area contributed by atoms with Crippen LogP contribution in [0, 0.1) is 0 Å². The van der Waals surface area contributed by atoms with Crippen LogP contribution in [0.15, 0.2) is 18.3 Å². The molecule has 1 atom stereocenters. The molecule has 0 bridgehead atoms. The van der Waals surface area contributed by atoms with Crippen LogP contribution in [0.4, 0.5) is 0 Å². The van der Waals surface area contributed by atoms with E-state index < -0.39 is 0 Å². The molecule has 1 unspecified atom stereocenters. The molecule has 6 heteroatoms. The molecule has 0 radical (unpaired) electrons. The van der Waals surface area contributed by atoms with Gasteiger partial charge in [0, 0.05) is 38.4 Å². The van der Waals surface area contributed by atoms with Gasteiger partial charge in [0.1, 0.15) is 0 Å². The third kappa shape index (κ3) is 4.65. The number of amides is 1. The molecule has 0 spiro atoms. The van der Waals surface area contributed by atoms with Gasteiger partial charge in [0.05, 0.1) is 13.2 Å². The van der Waals surface area contributed by atoms with Gasteiger partial charge in [-0.1, -0.05) is 6.92 Å². The molecule has 1 aromatic rings.